The quantitative estimate of drug-likeness (QED) is 0.540. The zero-order chi connectivity index (χ0) is 19.1. The fourth-order valence-electron chi connectivity index (χ4n) is 2.29. The molecule has 2 aromatic rings. The predicted molar refractivity (Wildman–Crippen MR) is 103 cm³/mol. The smallest absolute Gasteiger partial charge is 0.306 e. The predicted octanol–water partition coefficient (Wildman–Crippen LogP) is 4.21. The van der Waals surface area contributed by atoms with Gasteiger partial charge in [-0.25, -0.2) is 0 Å². The number of carbonyl (C=O) groups is 3. The zero-order valence-electron chi connectivity index (χ0n) is 14.7. The van der Waals surface area contributed by atoms with E-state index in [1.54, 1.807) is 30.3 Å². The summed E-state index contributed by atoms with van der Waals surface area (Å²) >= 11 is 3.30. The monoisotopic (exact) mass is 417 g/mol. The lowest BCUT2D eigenvalue weighted by Gasteiger charge is -2.10. The standard InChI is InChI=1S/C20H20BrNO4/c1-13-4-3-5-17(14(13)2)22-19(24)12-26-20(25)11-10-18(23)15-6-8-16(21)9-7-15/h3-9H,10-12H2,1-2H3,(H,22,24). The summed E-state index contributed by atoms with van der Waals surface area (Å²) in [6.07, 6.45) is -0.0231. The number of hydrogen-bond acceptors (Lipinski definition) is 4. The van der Waals surface area contributed by atoms with E-state index >= 15 is 0 Å². The maximum atomic E-state index is 12.0. The minimum atomic E-state index is -0.577. The molecule has 0 saturated heterocycles. The summed E-state index contributed by atoms with van der Waals surface area (Å²) in [5, 5.41) is 2.71. The Balaban J connectivity index is 1.76. The molecule has 0 heterocycles. The van der Waals surface area contributed by atoms with Crippen LogP contribution in [0.5, 0.6) is 0 Å². The molecule has 2 aromatic carbocycles. The van der Waals surface area contributed by atoms with Crippen LogP contribution >= 0.6 is 15.9 Å². The van der Waals surface area contributed by atoms with Crippen molar-refractivity contribution in [1.29, 1.82) is 0 Å². The number of ether oxygens (including phenoxy) is 1. The van der Waals surface area contributed by atoms with Gasteiger partial charge in [-0.2, -0.15) is 0 Å². The van der Waals surface area contributed by atoms with Crippen molar-refractivity contribution in [3.8, 4) is 0 Å². The summed E-state index contributed by atoms with van der Waals surface area (Å²) < 4.78 is 5.82. The van der Waals surface area contributed by atoms with Crippen LogP contribution in [0.15, 0.2) is 46.9 Å². The molecule has 1 N–H and O–H groups in total. The summed E-state index contributed by atoms with van der Waals surface area (Å²) in [7, 11) is 0. The maximum absolute atomic E-state index is 12.0. The summed E-state index contributed by atoms with van der Waals surface area (Å²) in [5.74, 6) is -1.13. The Hall–Kier alpha value is -2.47. The molecule has 0 aromatic heterocycles. The second-order valence-electron chi connectivity index (χ2n) is 5.89. The number of benzene rings is 2. The number of Topliss-reactive ketones (excluding diaryl/α,β-unsaturated/α-hetero) is 1. The van der Waals surface area contributed by atoms with E-state index in [1.165, 1.54) is 0 Å². The van der Waals surface area contributed by atoms with Crippen LogP contribution in [-0.4, -0.2) is 24.3 Å². The Morgan fingerprint density at radius 1 is 1.00 bits per heavy atom. The third-order valence-electron chi connectivity index (χ3n) is 3.97. The van der Waals surface area contributed by atoms with E-state index in [1.807, 2.05) is 26.0 Å². The Kier molecular flexibility index (Phi) is 7.09. The molecular formula is C20H20BrNO4. The van der Waals surface area contributed by atoms with Gasteiger partial charge in [0, 0.05) is 22.1 Å². The molecule has 0 aliphatic rings. The van der Waals surface area contributed by atoms with Crippen LogP contribution in [-0.2, 0) is 14.3 Å². The highest BCUT2D eigenvalue weighted by Crippen LogP contribution is 2.17. The summed E-state index contributed by atoms with van der Waals surface area (Å²) in [4.78, 5) is 35.7. The van der Waals surface area contributed by atoms with Gasteiger partial charge in [-0.3, -0.25) is 14.4 Å². The van der Waals surface area contributed by atoms with Crippen molar-refractivity contribution in [1.82, 2.24) is 0 Å². The first kappa shape index (κ1) is 19.8. The SMILES string of the molecule is Cc1cccc(NC(=O)COC(=O)CCC(=O)c2ccc(Br)cc2)c1C. The fraction of sp³-hybridized carbons (Fsp3) is 0.250. The molecule has 0 unspecified atom stereocenters. The molecule has 6 heteroatoms. The topological polar surface area (TPSA) is 72.5 Å². The van der Waals surface area contributed by atoms with Gasteiger partial charge in [0.15, 0.2) is 12.4 Å². The van der Waals surface area contributed by atoms with Crippen molar-refractivity contribution in [2.45, 2.75) is 26.7 Å². The van der Waals surface area contributed by atoms with Crippen molar-refractivity contribution in [2.24, 2.45) is 0 Å². The average Bonchev–Trinajstić information content (AvgIpc) is 2.62. The molecule has 0 aliphatic carbocycles. The van der Waals surface area contributed by atoms with Gasteiger partial charge in [-0.15, -0.1) is 0 Å². The number of hydrogen-bond donors (Lipinski definition) is 1. The maximum Gasteiger partial charge on any atom is 0.306 e. The molecule has 0 bridgehead atoms. The van der Waals surface area contributed by atoms with Gasteiger partial charge in [-0.1, -0.05) is 40.2 Å². The third-order valence-corrected chi connectivity index (χ3v) is 4.49. The van der Waals surface area contributed by atoms with Gasteiger partial charge in [0.1, 0.15) is 0 Å². The van der Waals surface area contributed by atoms with E-state index in [2.05, 4.69) is 21.2 Å². The van der Waals surface area contributed by atoms with E-state index in [0.717, 1.165) is 15.6 Å². The number of amides is 1. The van der Waals surface area contributed by atoms with Gasteiger partial charge >= 0.3 is 5.97 Å². The highest BCUT2D eigenvalue weighted by molar-refractivity contribution is 9.10. The molecule has 1 amide bonds. The number of aryl methyl sites for hydroxylation is 1. The van der Waals surface area contributed by atoms with Crippen LogP contribution in [0.4, 0.5) is 5.69 Å². The van der Waals surface area contributed by atoms with Crippen LogP contribution < -0.4 is 5.32 Å². The van der Waals surface area contributed by atoms with E-state index in [4.69, 9.17) is 4.74 Å². The van der Waals surface area contributed by atoms with Crippen molar-refractivity contribution < 1.29 is 19.1 Å². The average molecular weight is 418 g/mol. The van der Waals surface area contributed by atoms with Crippen molar-refractivity contribution in [3.05, 3.63) is 63.6 Å². The highest BCUT2D eigenvalue weighted by atomic mass is 79.9. The minimum Gasteiger partial charge on any atom is -0.456 e. The molecule has 0 fully saturated rings. The fourth-order valence-corrected chi connectivity index (χ4v) is 2.55. The lowest BCUT2D eigenvalue weighted by molar-refractivity contribution is -0.147. The Bertz CT molecular complexity index is 815. The number of anilines is 1. The lowest BCUT2D eigenvalue weighted by atomic mass is 10.1. The van der Waals surface area contributed by atoms with Gasteiger partial charge in [0.2, 0.25) is 0 Å². The number of ketones is 1. The second kappa shape index (κ2) is 9.29. The molecule has 0 saturated carbocycles. The molecule has 0 radical (unpaired) electrons. The number of rotatable bonds is 7. The zero-order valence-corrected chi connectivity index (χ0v) is 16.3. The summed E-state index contributed by atoms with van der Waals surface area (Å²) in [6.45, 7) is 3.48. The van der Waals surface area contributed by atoms with E-state index in [-0.39, 0.29) is 25.2 Å². The van der Waals surface area contributed by atoms with Crippen LogP contribution in [0.25, 0.3) is 0 Å². The van der Waals surface area contributed by atoms with Crippen molar-refractivity contribution >= 4 is 39.3 Å². The number of carbonyl (C=O) groups excluding carboxylic acids is 3. The largest absolute Gasteiger partial charge is 0.456 e. The molecule has 2 rings (SSSR count). The Morgan fingerprint density at radius 2 is 1.69 bits per heavy atom. The second-order valence-corrected chi connectivity index (χ2v) is 6.80. The number of nitrogens with one attached hydrogen (secondary N) is 1. The Morgan fingerprint density at radius 3 is 2.38 bits per heavy atom. The van der Waals surface area contributed by atoms with E-state index < -0.39 is 11.9 Å². The van der Waals surface area contributed by atoms with Gasteiger partial charge in [0.05, 0.1) is 6.42 Å². The van der Waals surface area contributed by atoms with E-state index in [0.29, 0.717) is 11.3 Å². The molecule has 26 heavy (non-hydrogen) atoms. The first-order valence-electron chi connectivity index (χ1n) is 8.17. The first-order chi connectivity index (χ1) is 12.4. The van der Waals surface area contributed by atoms with E-state index in [9.17, 15) is 14.4 Å². The van der Waals surface area contributed by atoms with Crippen LogP contribution in [0, 0.1) is 13.8 Å². The molecule has 0 spiro atoms. The molecular weight excluding hydrogens is 398 g/mol. The van der Waals surface area contributed by atoms with Crippen LogP contribution in [0.1, 0.15) is 34.3 Å². The molecule has 5 nitrogen and oxygen atoms in total. The molecule has 0 aliphatic heterocycles. The molecule has 0 atom stereocenters. The van der Waals surface area contributed by atoms with Gasteiger partial charge in [0.25, 0.3) is 5.91 Å². The van der Waals surface area contributed by atoms with Gasteiger partial charge < -0.3 is 10.1 Å². The Labute approximate surface area is 160 Å². The van der Waals surface area contributed by atoms with Crippen LogP contribution in [0.2, 0.25) is 0 Å². The lowest BCUT2D eigenvalue weighted by Crippen LogP contribution is -2.21. The third kappa shape index (κ3) is 5.81. The summed E-state index contributed by atoms with van der Waals surface area (Å²) in [5.41, 5.74) is 3.25. The van der Waals surface area contributed by atoms with Crippen molar-refractivity contribution in [2.75, 3.05) is 11.9 Å². The minimum absolute atomic E-state index is 0.0407. The van der Waals surface area contributed by atoms with Crippen molar-refractivity contribution in [3.63, 3.8) is 0 Å². The van der Waals surface area contributed by atoms with Gasteiger partial charge in [-0.05, 0) is 43.2 Å². The highest BCUT2D eigenvalue weighted by Gasteiger charge is 2.12. The first-order valence-corrected chi connectivity index (χ1v) is 8.96. The number of halogens is 1. The summed E-state index contributed by atoms with van der Waals surface area (Å²) in [6, 6.07) is 12.5. The van der Waals surface area contributed by atoms with Crippen LogP contribution in [0.3, 0.4) is 0 Å². The normalized spacial score (nSPS) is 10.3. The molecule has 136 valence electrons. The number of esters is 1.